The van der Waals surface area contributed by atoms with E-state index in [9.17, 15) is 27.0 Å². The van der Waals surface area contributed by atoms with Crippen molar-refractivity contribution in [2.24, 2.45) is 0 Å². The Labute approximate surface area is 157 Å². The maximum atomic E-state index is 11.4. The summed E-state index contributed by atoms with van der Waals surface area (Å²) in [7, 11) is -7.87. The number of rotatable bonds is 9. The van der Waals surface area contributed by atoms with Crippen LogP contribution in [0.2, 0.25) is 0 Å². The summed E-state index contributed by atoms with van der Waals surface area (Å²) in [5.74, 6) is 0. The van der Waals surface area contributed by atoms with Gasteiger partial charge in [0.2, 0.25) is 0 Å². The normalized spacial score (nSPS) is 25.6. The van der Waals surface area contributed by atoms with E-state index in [2.05, 4.69) is 0 Å². The molecule has 1 aliphatic heterocycles. The third kappa shape index (κ3) is 6.47. The van der Waals surface area contributed by atoms with Crippen molar-refractivity contribution in [3.63, 3.8) is 0 Å². The fourth-order valence-corrected chi connectivity index (χ4v) is 3.36. The Balaban J connectivity index is 2.27. The van der Waals surface area contributed by atoms with Crippen molar-refractivity contribution in [3.8, 4) is 0 Å². The molecule has 2 rings (SSSR count). The molecule has 1 heterocycles. The first kappa shape index (κ1) is 22.2. The molecule has 12 heteroatoms. The average molecular weight is 426 g/mol. The number of ether oxygens (including phenoxy) is 2. The van der Waals surface area contributed by atoms with Gasteiger partial charge in [-0.1, -0.05) is 30.3 Å². The number of hydrogen-bond acceptors (Lipinski definition) is 10. The molecule has 1 unspecified atom stereocenters. The first-order valence-electron chi connectivity index (χ1n) is 7.80. The lowest BCUT2D eigenvalue weighted by atomic mass is 9.97. The molecule has 0 saturated carbocycles. The molecule has 0 radical (unpaired) electrons. The quantitative estimate of drug-likeness (QED) is 0.470. The Morgan fingerprint density at radius 3 is 2.00 bits per heavy atom. The summed E-state index contributed by atoms with van der Waals surface area (Å²) in [6.45, 7) is -1.47. The van der Waals surface area contributed by atoms with Gasteiger partial charge in [0.25, 0.3) is 20.2 Å². The maximum Gasteiger partial charge on any atom is 0.264 e. The summed E-state index contributed by atoms with van der Waals surface area (Å²) >= 11 is 0. The molecule has 1 fully saturated rings. The minimum Gasteiger partial charge on any atom is -0.385 e. The van der Waals surface area contributed by atoms with E-state index in [0.29, 0.717) is 0 Å². The second-order valence-electron chi connectivity index (χ2n) is 6.21. The van der Waals surface area contributed by atoms with Crippen molar-refractivity contribution < 1.29 is 44.9 Å². The Morgan fingerprint density at radius 1 is 1.00 bits per heavy atom. The first-order chi connectivity index (χ1) is 12.4. The van der Waals surface area contributed by atoms with Gasteiger partial charge in [-0.15, -0.1) is 0 Å². The summed E-state index contributed by atoms with van der Waals surface area (Å²) in [5.41, 5.74) is -1.15. The maximum absolute atomic E-state index is 11.4. The van der Waals surface area contributed by atoms with Gasteiger partial charge in [0, 0.05) is 0 Å². The SMILES string of the molecule is CS(=O)(=O)OCC1(COS(C)(=O)=O)OC(O)[C@H](O)[C@@H]1OCc1ccccc1. The Kier molecular flexibility index (Phi) is 6.97. The molecule has 1 aromatic rings. The third-order valence-electron chi connectivity index (χ3n) is 3.78. The van der Waals surface area contributed by atoms with Crippen molar-refractivity contribution in [1.82, 2.24) is 0 Å². The minimum atomic E-state index is -3.93. The lowest BCUT2D eigenvalue weighted by Gasteiger charge is -2.33. The van der Waals surface area contributed by atoms with E-state index in [1.54, 1.807) is 30.3 Å². The predicted molar refractivity (Wildman–Crippen MR) is 92.4 cm³/mol. The Bertz CT molecular complexity index is 785. The molecule has 0 aromatic heterocycles. The molecule has 10 nitrogen and oxygen atoms in total. The van der Waals surface area contributed by atoms with Crippen molar-refractivity contribution in [1.29, 1.82) is 0 Å². The molecule has 1 aliphatic rings. The average Bonchev–Trinajstić information content (AvgIpc) is 2.80. The fraction of sp³-hybridized carbons (Fsp3) is 0.600. The zero-order valence-electron chi connectivity index (χ0n) is 14.7. The van der Waals surface area contributed by atoms with E-state index >= 15 is 0 Å². The van der Waals surface area contributed by atoms with Crippen LogP contribution in [-0.2, 0) is 44.7 Å². The van der Waals surface area contributed by atoms with Crippen LogP contribution < -0.4 is 0 Å². The molecule has 0 bridgehead atoms. The summed E-state index contributed by atoms with van der Waals surface area (Å²) < 4.78 is 65.9. The summed E-state index contributed by atoms with van der Waals surface area (Å²) in [4.78, 5) is 0. The highest BCUT2D eigenvalue weighted by atomic mass is 32.2. The van der Waals surface area contributed by atoms with Gasteiger partial charge in [-0.25, -0.2) is 0 Å². The molecule has 3 atom stereocenters. The molecule has 2 N–H and O–H groups in total. The van der Waals surface area contributed by atoms with E-state index in [1.807, 2.05) is 0 Å². The highest BCUT2D eigenvalue weighted by molar-refractivity contribution is 7.86. The lowest BCUT2D eigenvalue weighted by molar-refractivity contribution is -0.185. The molecule has 0 spiro atoms. The van der Waals surface area contributed by atoms with Crippen LogP contribution in [0.15, 0.2) is 30.3 Å². The Hall–Kier alpha value is -1.12. The standard InChI is InChI=1S/C15H22O10S2/c1-26(18,19)23-9-15(10-24-27(2,20)21)13(12(16)14(17)25-15)22-8-11-6-4-3-5-7-11/h3-7,12-14,16-17H,8-10H2,1-2H3/t12-,13+,14?/m1/s1. The second kappa shape index (κ2) is 8.49. The van der Waals surface area contributed by atoms with Crippen LogP contribution >= 0.6 is 0 Å². The zero-order valence-corrected chi connectivity index (χ0v) is 16.4. The largest absolute Gasteiger partial charge is 0.385 e. The van der Waals surface area contributed by atoms with Crippen LogP contribution in [0.4, 0.5) is 0 Å². The first-order valence-corrected chi connectivity index (χ1v) is 11.4. The molecule has 154 valence electrons. The number of benzene rings is 1. The van der Waals surface area contributed by atoms with Crippen LogP contribution in [0.25, 0.3) is 0 Å². The van der Waals surface area contributed by atoms with E-state index in [1.165, 1.54) is 0 Å². The predicted octanol–water partition coefficient (Wildman–Crippen LogP) is -1.03. The van der Waals surface area contributed by atoms with E-state index in [4.69, 9.17) is 17.8 Å². The van der Waals surface area contributed by atoms with Gasteiger partial charge >= 0.3 is 0 Å². The van der Waals surface area contributed by atoms with Crippen molar-refractivity contribution >= 4 is 20.2 Å². The summed E-state index contributed by atoms with van der Waals surface area (Å²) in [6.07, 6.45) is -3.08. The molecule has 0 amide bonds. The Morgan fingerprint density at radius 2 is 1.52 bits per heavy atom. The van der Waals surface area contributed by atoms with Gasteiger partial charge in [0.15, 0.2) is 6.29 Å². The van der Waals surface area contributed by atoms with Gasteiger partial charge in [0.05, 0.1) is 19.1 Å². The minimum absolute atomic E-state index is 0.0157. The smallest absolute Gasteiger partial charge is 0.264 e. The molecular weight excluding hydrogens is 404 g/mol. The lowest BCUT2D eigenvalue weighted by Crippen LogP contribution is -2.52. The zero-order chi connectivity index (χ0) is 20.3. The van der Waals surface area contributed by atoms with Crippen LogP contribution in [0, 0.1) is 0 Å². The van der Waals surface area contributed by atoms with E-state index in [0.717, 1.165) is 18.1 Å². The monoisotopic (exact) mass is 426 g/mol. The van der Waals surface area contributed by atoms with Crippen LogP contribution in [-0.4, -0.2) is 76.9 Å². The van der Waals surface area contributed by atoms with Crippen molar-refractivity contribution in [2.45, 2.75) is 30.7 Å². The van der Waals surface area contributed by atoms with Gasteiger partial charge in [-0.3, -0.25) is 8.37 Å². The van der Waals surface area contributed by atoms with Crippen molar-refractivity contribution in [3.05, 3.63) is 35.9 Å². The van der Waals surface area contributed by atoms with Crippen LogP contribution in [0.5, 0.6) is 0 Å². The van der Waals surface area contributed by atoms with Crippen LogP contribution in [0.3, 0.4) is 0 Å². The number of hydrogen-bond donors (Lipinski definition) is 2. The fourth-order valence-electron chi connectivity index (χ4n) is 2.54. The molecule has 27 heavy (non-hydrogen) atoms. The van der Waals surface area contributed by atoms with E-state index < -0.39 is 57.5 Å². The summed E-state index contributed by atoms with van der Waals surface area (Å²) in [5, 5.41) is 20.1. The van der Waals surface area contributed by atoms with Gasteiger partial charge in [0.1, 0.15) is 31.0 Å². The second-order valence-corrected chi connectivity index (χ2v) is 9.50. The molecule has 1 saturated heterocycles. The van der Waals surface area contributed by atoms with Crippen LogP contribution in [0.1, 0.15) is 5.56 Å². The van der Waals surface area contributed by atoms with Gasteiger partial charge in [-0.05, 0) is 5.56 Å². The third-order valence-corrected chi connectivity index (χ3v) is 4.88. The highest BCUT2D eigenvalue weighted by Gasteiger charge is 2.57. The van der Waals surface area contributed by atoms with Gasteiger partial charge < -0.3 is 19.7 Å². The van der Waals surface area contributed by atoms with E-state index in [-0.39, 0.29) is 6.61 Å². The molecular formula is C15H22O10S2. The number of aliphatic hydroxyl groups excluding tert-OH is 2. The summed E-state index contributed by atoms with van der Waals surface area (Å²) in [6, 6.07) is 8.83. The molecule has 1 aromatic carbocycles. The van der Waals surface area contributed by atoms with Gasteiger partial charge in [-0.2, -0.15) is 16.8 Å². The molecule has 0 aliphatic carbocycles. The topological polar surface area (TPSA) is 146 Å². The highest BCUT2D eigenvalue weighted by Crippen LogP contribution is 2.35. The van der Waals surface area contributed by atoms with Crippen molar-refractivity contribution in [2.75, 3.05) is 25.7 Å². The number of aliphatic hydroxyl groups is 2.